The predicted octanol–water partition coefficient (Wildman–Crippen LogP) is 4.74. The number of nitrogen functional groups attached to an aromatic ring is 1. The van der Waals surface area contributed by atoms with E-state index < -0.39 is 0 Å². The molecule has 2 aromatic carbocycles. The number of hydrogen-bond acceptors (Lipinski definition) is 2. The van der Waals surface area contributed by atoms with Crippen molar-refractivity contribution in [1.29, 1.82) is 0 Å². The molecule has 3 N–H and O–H groups in total. The summed E-state index contributed by atoms with van der Waals surface area (Å²) in [4.78, 5) is 0. The third kappa shape index (κ3) is 2.73. The Bertz CT molecular complexity index is 555. The van der Waals surface area contributed by atoms with Crippen molar-refractivity contribution in [3.63, 3.8) is 0 Å². The molecule has 0 heterocycles. The molecule has 0 bridgehead atoms. The lowest BCUT2D eigenvalue weighted by molar-refractivity contribution is 1.42. The number of rotatable bonds is 2. The highest BCUT2D eigenvalue weighted by Gasteiger charge is 2.05. The van der Waals surface area contributed by atoms with Crippen LogP contribution in [0.5, 0.6) is 0 Å². The highest BCUT2D eigenvalue weighted by atomic mass is 79.9. The van der Waals surface area contributed by atoms with Gasteiger partial charge in [0.05, 0.1) is 15.2 Å². The van der Waals surface area contributed by atoms with Crippen LogP contribution < -0.4 is 11.1 Å². The van der Waals surface area contributed by atoms with Crippen LogP contribution in [0.4, 0.5) is 17.1 Å². The summed E-state index contributed by atoms with van der Waals surface area (Å²) in [6.07, 6.45) is 0. The first kappa shape index (κ1) is 12.3. The molecular weight excluding hydrogens is 300 g/mol. The molecule has 0 aliphatic heterocycles. The van der Waals surface area contributed by atoms with Crippen molar-refractivity contribution in [2.75, 3.05) is 11.1 Å². The van der Waals surface area contributed by atoms with Crippen molar-refractivity contribution in [3.05, 3.63) is 51.5 Å². The molecule has 0 aromatic heterocycles. The summed E-state index contributed by atoms with van der Waals surface area (Å²) in [6.45, 7) is 2.01. The van der Waals surface area contributed by atoms with Crippen molar-refractivity contribution >= 4 is 44.6 Å². The lowest BCUT2D eigenvalue weighted by Crippen LogP contribution is -1.95. The normalized spacial score (nSPS) is 10.3. The van der Waals surface area contributed by atoms with E-state index in [1.54, 1.807) is 0 Å². The highest BCUT2D eigenvalue weighted by Crippen LogP contribution is 2.33. The van der Waals surface area contributed by atoms with E-state index in [0.29, 0.717) is 5.02 Å². The number of halogens is 2. The van der Waals surface area contributed by atoms with Gasteiger partial charge in [-0.2, -0.15) is 0 Å². The van der Waals surface area contributed by atoms with Crippen LogP contribution in [0.3, 0.4) is 0 Å². The van der Waals surface area contributed by atoms with Crippen LogP contribution >= 0.6 is 27.5 Å². The van der Waals surface area contributed by atoms with Crippen molar-refractivity contribution < 1.29 is 0 Å². The van der Waals surface area contributed by atoms with Crippen molar-refractivity contribution in [3.8, 4) is 0 Å². The maximum Gasteiger partial charge on any atom is 0.0596 e. The molecule has 0 aliphatic carbocycles. The van der Waals surface area contributed by atoms with E-state index in [1.807, 2.05) is 43.3 Å². The Balaban J connectivity index is 2.35. The van der Waals surface area contributed by atoms with Gasteiger partial charge in [0.2, 0.25) is 0 Å². The summed E-state index contributed by atoms with van der Waals surface area (Å²) in [7, 11) is 0. The second-order valence-electron chi connectivity index (χ2n) is 3.80. The number of aryl methyl sites for hydroxylation is 1. The molecule has 17 heavy (non-hydrogen) atoms. The minimum atomic E-state index is 0.683. The van der Waals surface area contributed by atoms with Crippen molar-refractivity contribution in [2.45, 2.75) is 6.92 Å². The average Bonchev–Trinajstić information content (AvgIpc) is 2.28. The molecule has 0 unspecified atom stereocenters. The summed E-state index contributed by atoms with van der Waals surface area (Å²) in [5.74, 6) is 0. The fourth-order valence-corrected chi connectivity index (χ4v) is 2.11. The molecule has 2 nitrogen and oxygen atoms in total. The van der Waals surface area contributed by atoms with E-state index in [4.69, 9.17) is 17.3 Å². The Labute approximate surface area is 114 Å². The zero-order valence-electron chi connectivity index (χ0n) is 9.30. The number of anilines is 3. The molecular formula is C13H12BrClN2. The third-order valence-electron chi connectivity index (χ3n) is 2.47. The topological polar surface area (TPSA) is 38.0 Å². The SMILES string of the molecule is Cc1cc(N)ccc1Nc1cccc(Cl)c1Br. The summed E-state index contributed by atoms with van der Waals surface area (Å²) in [5.41, 5.74) is 9.52. The van der Waals surface area contributed by atoms with Gasteiger partial charge >= 0.3 is 0 Å². The predicted molar refractivity (Wildman–Crippen MR) is 78.0 cm³/mol. The highest BCUT2D eigenvalue weighted by molar-refractivity contribution is 9.10. The molecule has 2 rings (SSSR count). The first-order valence-electron chi connectivity index (χ1n) is 5.15. The standard InChI is InChI=1S/C13H12BrClN2/c1-8-7-9(16)5-6-11(8)17-12-4-2-3-10(15)13(12)14/h2-7,17H,16H2,1H3. The smallest absolute Gasteiger partial charge is 0.0596 e. The molecule has 2 aromatic rings. The molecule has 0 fully saturated rings. The fourth-order valence-electron chi connectivity index (χ4n) is 1.57. The lowest BCUT2D eigenvalue weighted by Gasteiger charge is -2.12. The van der Waals surface area contributed by atoms with Crippen molar-refractivity contribution in [1.82, 2.24) is 0 Å². The van der Waals surface area contributed by atoms with Gasteiger partial charge in [0.15, 0.2) is 0 Å². The minimum absolute atomic E-state index is 0.683. The zero-order chi connectivity index (χ0) is 12.4. The van der Waals surface area contributed by atoms with Gasteiger partial charge < -0.3 is 11.1 Å². The second kappa shape index (κ2) is 4.98. The van der Waals surface area contributed by atoms with Gasteiger partial charge in [0, 0.05) is 11.4 Å². The molecule has 0 spiro atoms. The van der Waals surface area contributed by atoms with E-state index in [9.17, 15) is 0 Å². The lowest BCUT2D eigenvalue weighted by atomic mass is 10.1. The Morgan fingerprint density at radius 1 is 1.18 bits per heavy atom. The average molecular weight is 312 g/mol. The van der Waals surface area contributed by atoms with Crippen LogP contribution in [0.1, 0.15) is 5.56 Å². The van der Waals surface area contributed by atoms with E-state index in [2.05, 4.69) is 21.2 Å². The summed E-state index contributed by atoms with van der Waals surface area (Å²) in [6, 6.07) is 11.5. The van der Waals surface area contributed by atoms with Crippen LogP contribution in [-0.2, 0) is 0 Å². The Hall–Kier alpha value is -1.19. The number of benzene rings is 2. The summed E-state index contributed by atoms with van der Waals surface area (Å²) in [5, 5.41) is 4.01. The van der Waals surface area contributed by atoms with Gasteiger partial charge in [0.25, 0.3) is 0 Å². The molecule has 0 amide bonds. The minimum Gasteiger partial charge on any atom is -0.399 e. The quantitative estimate of drug-likeness (QED) is 0.786. The van der Waals surface area contributed by atoms with Gasteiger partial charge in [-0.25, -0.2) is 0 Å². The number of nitrogens with two attached hydrogens (primary N) is 1. The molecule has 0 atom stereocenters. The molecule has 0 radical (unpaired) electrons. The maximum atomic E-state index is 6.04. The molecule has 0 aliphatic rings. The van der Waals surface area contributed by atoms with Gasteiger partial charge in [0.1, 0.15) is 0 Å². The largest absolute Gasteiger partial charge is 0.399 e. The van der Waals surface area contributed by atoms with Gasteiger partial charge in [-0.1, -0.05) is 17.7 Å². The van der Waals surface area contributed by atoms with E-state index in [-0.39, 0.29) is 0 Å². The first-order valence-corrected chi connectivity index (χ1v) is 6.32. The van der Waals surface area contributed by atoms with Crippen LogP contribution in [0.2, 0.25) is 5.02 Å². The third-order valence-corrected chi connectivity index (χ3v) is 3.87. The zero-order valence-corrected chi connectivity index (χ0v) is 11.6. The number of nitrogens with one attached hydrogen (secondary N) is 1. The van der Waals surface area contributed by atoms with Gasteiger partial charge in [-0.05, 0) is 58.7 Å². The monoisotopic (exact) mass is 310 g/mol. The van der Waals surface area contributed by atoms with Gasteiger partial charge in [-0.3, -0.25) is 0 Å². The second-order valence-corrected chi connectivity index (χ2v) is 5.00. The molecule has 88 valence electrons. The van der Waals surface area contributed by atoms with Crippen LogP contribution in [-0.4, -0.2) is 0 Å². The van der Waals surface area contributed by atoms with Crippen molar-refractivity contribution in [2.24, 2.45) is 0 Å². The Morgan fingerprint density at radius 2 is 1.94 bits per heavy atom. The Morgan fingerprint density at radius 3 is 2.65 bits per heavy atom. The molecule has 0 saturated carbocycles. The molecule has 4 heteroatoms. The van der Waals surface area contributed by atoms with E-state index in [1.165, 1.54) is 0 Å². The number of hydrogen-bond donors (Lipinski definition) is 2. The fraction of sp³-hybridized carbons (Fsp3) is 0.0769. The van der Waals surface area contributed by atoms with E-state index >= 15 is 0 Å². The van der Waals surface area contributed by atoms with Crippen LogP contribution in [0.15, 0.2) is 40.9 Å². The summed E-state index contributed by atoms with van der Waals surface area (Å²) >= 11 is 9.50. The maximum absolute atomic E-state index is 6.04. The summed E-state index contributed by atoms with van der Waals surface area (Å²) < 4.78 is 0.859. The molecule has 0 saturated heterocycles. The van der Waals surface area contributed by atoms with Crippen LogP contribution in [0, 0.1) is 6.92 Å². The first-order chi connectivity index (χ1) is 8.08. The van der Waals surface area contributed by atoms with Gasteiger partial charge in [-0.15, -0.1) is 0 Å². The Kier molecular flexibility index (Phi) is 3.60. The van der Waals surface area contributed by atoms with Crippen LogP contribution in [0.25, 0.3) is 0 Å². The van der Waals surface area contributed by atoms with E-state index in [0.717, 1.165) is 27.1 Å².